The molecule has 1 unspecified atom stereocenters. The van der Waals surface area contributed by atoms with E-state index in [1.54, 1.807) is 0 Å². The fourth-order valence-corrected chi connectivity index (χ4v) is 3.44. The van der Waals surface area contributed by atoms with Crippen LogP contribution in [0.4, 0.5) is 0 Å². The van der Waals surface area contributed by atoms with Crippen LogP contribution in [0.5, 0.6) is 0 Å². The average molecular weight is 338 g/mol. The zero-order valence-electron chi connectivity index (χ0n) is 14.7. The maximum atomic E-state index is 12.2. The van der Waals surface area contributed by atoms with E-state index in [9.17, 15) is 14.4 Å². The van der Waals surface area contributed by atoms with Crippen LogP contribution in [-0.2, 0) is 14.4 Å². The van der Waals surface area contributed by atoms with Gasteiger partial charge in [0, 0.05) is 19.0 Å². The monoisotopic (exact) mass is 338 g/mol. The number of nitrogens with one attached hydrogen (secondary N) is 2. The van der Waals surface area contributed by atoms with Crippen LogP contribution in [0.1, 0.15) is 52.4 Å². The first-order valence-electron chi connectivity index (χ1n) is 9.00. The second-order valence-corrected chi connectivity index (χ2v) is 7.29. The first-order chi connectivity index (χ1) is 11.4. The van der Waals surface area contributed by atoms with Gasteiger partial charge in [0.2, 0.25) is 17.7 Å². The van der Waals surface area contributed by atoms with Crippen LogP contribution in [-0.4, -0.2) is 53.8 Å². The second-order valence-electron chi connectivity index (χ2n) is 7.29. The van der Waals surface area contributed by atoms with Crippen LogP contribution >= 0.6 is 0 Å². The molecule has 1 aliphatic heterocycles. The third-order valence-electron chi connectivity index (χ3n) is 4.98. The summed E-state index contributed by atoms with van der Waals surface area (Å²) in [5.41, 5.74) is 5.73. The van der Waals surface area contributed by atoms with Crippen LogP contribution in [0.2, 0.25) is 0 Å². The standard InChI is InChI=1S/C17H30N4O3/c1-11(2)16(18)17(24)19-9-14(22)20-12-8-15(23)21(10-12)13-6-4-3-5-7-13/h11-13,16H,3-10,18H2,1-2H3,(H,19,24)(H,20,22)/t12?,16-/m0/s1. The number of hydrogen-bond acceptors (Lipinski definition) is 4. The van der Waals surface area contributed by atoms with Crippen molar-refractivity contribution >= 4 is 17.7 Å². The van der Waals surface area contributed by atoms with Gasteiger partial charge in [-0.2, -0.15) is 0 Å². The van der Waals surface area contributed by atoms with Gasteiger partial charge in [-0.15, -0.1) is 0 Å². The molecule has 0 bridgehead atoms. The van der Waals surface area contributed by atoms with E-state index in [4.69, 9.17) is 5.73 Å². The van der Waals surface area contributed by atoms with Gasteiger partial charge in [0.25, 0.3) is 0 Å². The molecule has 1 heterocycles. The minimum atomic E-state index is -0.618. The van der Waals surface area contributed by atoms with Gasteiger partial charge in [0.15, 0.2) is 0 Å². The van der Waals surface area contributed by atoms with Crippen molar-refractivity contribution in [1.82, 2.24) is 15.5 Å². The van der Waals surface area contributed by atoms with Crippen LogP contribution in [0.25, 0.3) is 0 Å². The number of rotatable bonds is 6. The molecule has 7 nitrogen and oxygen atoms in total. The highest BCUT2D eigenvalue weighted by Gasteiger charge is 2.35. The Balaban J connectivity index is 1.74. The van der Waals surface area contributed by atoms with E-state index in [0.29, 0.717) is 19.0 Å². The summed E-state index contributed by atoms with van der Waals surface area (Å²) < 4.78 is 0. The molecule has 2 fully saturated rings. The molecule has 136 valence electrons. The molecule has 0 aromatic rings. The van der Waals surface area contributed by atoms with Gasteiger partial charge in [0.1, 0.15) is 0 Å². The van der Waals surface area contributed by atoms with E-state index < -0.39 is 6.04 Å². The maximum absolute atomic E-state index is 12.2. The first kappa shape index (κ1) is 18.7. The van der Waals surface area contributed by atoms with Crippen molar-refractivity contribution in [2.75, 3.05) is 13.1 Å². The van der Waals surface area contributed by atoms with E-state index in [0.717, 1.165) is 12.8 Å². The summed E-state index contributed by atoms with van der Waals surface area (Å²) in [6.45, 7) is 4.19. The van der Waals surface area contributed by atoms with E-state index >= 15 is 0 Å². The second kappa shape index (κ2) is 8.46. The Morgan fingerprint density at radius 3 is 2.54 bits per heavy atom. The van der Waals surface area contributed by atoms with Crippen LogP contribution in [0.15, 0.2) is 0 Å². The van der Waals surface area contributed by atoms with Crippen molar-refractivity contribution < 1.29 is 14.4 Å². The third-order valence-corrected chi connectivity index (χ3v) is 4.98. The summed E-state index contributed by atoms with van der Waals surface area (Å²) in [4.78, 5) is 37.9. The Morgan fingerprint density at radius 1 is 1.25 bits per heavy atom. The van der Waals surface area contributed by atoms with Gasteiger partial charge in [-0.05, 0) is 18.8 Å². The Bertz CT molecular complexity index is 474. The lowest BCUT2D eigenvalue weighted by molar-refractivity contribution is -0.130. The molecule has 4 N–H and O–H groups in total. The van der Waals surface area contributed by atoms with Crippen LogP contribution < -0.4 is 16.4 Å². The predicted molar refractivity (Wildman–Crippen MR) is 91.0 cm³/mol. The maximum Gasteiger partial charge on any atom is 0.239 e. The fraction of sp³-hybridized carbons (Fsp3) is 0.824. The minimum absolute atomic E-state index is 0.0181. The fourth-order valence-electron chi connectivity index (χ4n) is 3.44. The Labute approximate surface area is 143 Å². The third kappa shape index (κ3) is 4.93. The van der Waals surface area contributed by atoms with Crippen molar-refractivity contribution in [2.24, 2.45) is 11.7 Å². The molecular weight excluding hydrogens is 308 g/mol. The van der Waals surface area contributed by atoms with E-state index in [2.05, 4.69) is 10.6 Å². The molecule has 0 spiro atoms. The summed E-state index contributed by atoms with van der Waals surface area (Å²) in [7, 11) is 0. The molecule has 7 heteroatoms. The molecular formula is C17H30N4O3. The molecule has 2 aliphatic rings. The van der Waals surface area contributed by atoms with Crippen molar-refractivity contribution in [3.8, 4) is 0 Å². The summed E-state index contributed by atoms with van der Waals surface area (Å²) >= 11 is 0. The largest absolute Gasteiger partial charge is 0.350 e. The number of carbonyl (C=O) groups excluding carboxylic acids is 3. The molecule has 3 amide bonds. The van der Waals surface area contributed by atoms with Crippen molar-refractivity contribution in [3.63, 3.8) is 0 Å². The molecule has 24 heavy (non-hydrogen) atoms. The highest BCUT2D eigenvalue weighted by molar-refractivity contribution is 5.88. The molecule has 1 saturated heterocycles. The first-order valence-corrected chi connectivity index (χ1v) is 9.00. The highest BCUT2D eigenvalue weighted by Crippen LogP contribution is 2.26. The molecule has 1 saturated carbocycles. The molecule has 0 radical (unpaired) electrons. The van der Waals surface area contributed by atoms with Crippen LogP contribution in [0, 0.1) is 5.92 Å². The molecule has 1 aliphatic carbocycles. The molecule has 0 aromatic carbocycles. The lowest BCUT2D eigenvalue weighted by Gasteiger charge is -2.31. The zero-order chi connectivity index (χ0) is 17.7. The summed E-state index contributed by atoms with van der Waals surface area (Å²) in [5.74, 6) is -0.461. The molecule has 2 rings (SSSR count). The Kier molecular flexibility index (Phi) is 6.60. The lowest BCUT2D eigenvalue weighted by Crippen LogP contribution is -2.49. The van der Waals surface area contributed by atoms with Gasteiger partial charge in [0.05, 0.1) is 18.6 Å². The van der Waals surface area contributed by atoms with E-state index in [-0.39, 0.29) is 36.2 Å². The topological polar surface area (TPSA) is 105 Å². The van der Waals surface area contributed by atoms with Crippen LogP contribution in [0.3, 0.4) is 0 Å². The number of carbonyl (C=O) groups is 3. The van der Waals surface area contributed by atoms with Crippen molar-refractivity contribution in [2.45, 2.75) is 70.5 Å². The summed E-state index contributed by atoms with van der Waals surface area (Å²) in [5, 5.41) is 5.39. The average Bonchev–Trinajstić information content (AvgIpc) is 2.92. The van der Waals surface area contributed by atoms with E-state index in [1.165, 1.54) is 19.3 Å². The number of hydrogen-bond donors (Lipinski definition) is 3. The van der Waals surface area contributed by atoms with Gasteiger partial charge in [-0.25, -0.2) is 0 Å². The highest BCUT2D eigenvalue weighted by atomic mass is 16.2. The van der Waals surface area contributed by atoms with Gasteiger partial charge in [-0.1, -0.05) is 33.1 Å². The lowest BCUT2D eigenvalue weighted by atomic mass is 9.94. The quantitative estimate of drug-likeness (QED) is 0.640. The van der Waals surface area contributed by atoms with Crippen molar-refractivity contribution in [1.29, 1.82) is 0 Å². The summed E-state index contributed by atoms with van der Waals surface area (Å²) in [6, 6.07) is -0.452. The smallest absolute Gasteiger partial charge is 0.239 e. The zero-order valence-corrected chi connectivity index (χ0v) is 14.7. The SMILES string of the molecule is CC(C)[C@H](N)C(=O)NCC(=O)NC1CC(=O)N(C2CCCCC2)C1. The Morgan fingerprint density at radius 2 is 1.92 bits per heavy atom. The summed E-state index contributed by atoms with van der Waals surface area (Å²) in [6.07, 6.45) is 6.07. The number of nitrogens with two attached hydrogens (primary N) is 1. The predicted octanol–water partition coefficient (Wildman–Crippen LogP) is 0.136. The van der Waals surface area contributed by atoms with Gasteiger partial charge in [-0.3, -0.25) is 14.4 Å². The molecule has 0 aromatic heterocycles. The normalized spacial score (nSPS) is 23.4. The number of nitrogens with zero attached hydrogens (tertiary/aromatic N) is 1. The van der Waals surface area contributed by atoms with Crippen molar-refractivity contribution in [3.05, 3.63) is 0 Å². The number of likely N-dealkylation sites (tertiary alicyclic amines) is 1. The Hall–Kier alpha value is -1.63. The van der Waals surface area contributed by atoms with Gasteiger partial charge >= 0.3 is 0 Å². The van der Waals surface area contributed by atoms with E-state index in [1.807, 2.05) is 18.7 Å². The number of amides is 3. The minimum Gasteiger partial charge on any atom is -0.350 e. The van der Waals surface area contributed by atoms with Gasteiger partial charge < -0.3 is 21.3 Å². The molecule has 2 atom stereocenters.